The number of hydrogen-bond acceptors (Lipinski definition) is 4. The van der Waals surface area contributed by atoms with Crippen LogP contribution in [0.4, 0.5) is 11.4 Å². The number of methoxy groups -OCH3 is 1. The molecule has 5 heteroatoms. The van der Waals surface area contributed by atoms with Gasteiger partial charge in [-0.15, -0.1) is 0 Å². The summed E-state index contributed by atoms with van der Waals surface area (Å²) in [7, 11) is 3.98. The van der Waals surface area contributed by atoms with Gasteiger partial charge in [-0.05, 0) is 48.7 Å². The van der Waals surface area contributed by atoms with Crippen molar-refractivity contribution < 1.29 is 9.26 Å². The topological polar surface area (TPSA) is 43.2 Å². The van der Waals surface area contributed by atoms with Crippen molar-refractivity contribution in [3.05, 3.63) is 83.4 Å². The van der Waals surface area contributed by atoms with Crippen LogP contribution in [0.3, 0.4) is 0 Å². The zero-order chi connectivity index (χ0) is 19.3. The van der Waals surface area contributed by atoms with E-state index in [9.17, 15) is 0 Å². The molecule has 0 amide bonds. The first-order valence-corrected chi connectivity index (χ1v) is 9.60. The standard InChI is InChI=1S/C23H21N2O2P/c1-26-21-11-4-2-7-17(21)15-24-20-10-6-8-16-13-14-19(25-23(16)20)18-9-3-5-12-22(18)27-28/h2-12,15H,13-14,28H2,1H3. The van der Waals surface area contributed by atoms with Crippen molar-refractivity contribution in [1.82, 2.24) is 0 Å². The second kappa shape index (κ2) is 8.37. The van der Waals surface area contributed by atoms with Gasteiger partial charge in [-0.3, -0.25) is 9.98 Å². The molecule has 0 aromatic heterocycles. The highest BCUT2D eigenvalue weighted by molar-refractivity contribution is 7.10. The van der Waals surface area contributed by atoms with E-state index < -0.39 is 0 Å². The fourth-order valence-corrected chi connectivity index (χ4v) is 3.58. The maximum absolute atomic E-state index is 5.44. The molecule has 3 aromatic rings. The van der Waals surface area contributed by atoms with E-state index in [4.69, 9.17) is 19.2 Å². The van der Waals surface area contributed by atoms with E-state index >= 15 is 0 Å². The summed E-state index contributed by atoms with van der Waals surface area (Å²) >= 11 is 0. The zero-order valence-corrected chi connectivity index (χ0v) is 16.8. The van der Waals surface area contributed by atoms with Gasteiger partial charge in [-0.25, -0.2) is 0 Å². The minimum atomic E-state index is 0.798. The van der Waals surface area contributed by atoms with Crippen LogP contribution in [0, 0.1) is 0 Å². The van der Waals surface area contributed by atoms with Crippen LogP contribution in [0.5, 0.6) is 11.5 Å². The molecular formula is C23H21N2O2P. The third kappa shape index (κ3) is 3.69. The molecule has 28 heavy (non-hydrogen) atoms. The van der Waals surface area contributed by atoms with Crippen LogP contribution in [0.25, 0.3) is 0 Å². The lowest BCUT2D eigenvalue weighted by atomic mass is 9.96. The third-order valence-electron chi connectivity index (χ3n) is 4.78. The van der Waals surface area contributed by atoms with Crippen molar-refractivity contribution in [2.24, 2.45) is 9.98 Å². The Morgan fingerprint density at radius 2 is 1.71 bits per heavy atom. The molecule has 0 bridgehead atoms. The second-order valence-electron chi connectivity index (χ2n) is 6.46. The fourth-order valence-electron chi connectivity index (χ4n) is 3.37. The highest BCUT2D eigenvalue weighted by atomic mass is 31.0. The second-order valence-corrected chi connectivity index (χ2v) is 6.69. The molecule has 0 spiro atoms. The quantitative estimate of drug-likeness (QED) is 0.417. The largest absolute Gasteiger partial charge is 0.496 e. The monoisotopic (exact) mass is 388 g/mol. The Bertz CT molecular complexity index is 1060. The molecule has 1 unspecified atom stereocenters. The summed E-state index contributed by atoms with van der Waals surface area (Å²) in [5.41, 5.74) is 5.96. The van der Waals surface area contributed by atoms with Crippen LogP contribution in [0.1, 0.15) is 23.1 Å². The summed E-state index contributed by atoms with van der Waals surface area (Å²) in [6.07, 6.45) is 3.63. The predicted molar refractivity (Wildman–Crippen MR) is 118 cm³/mol. The number of aryl methyl sites for hydroxylation is 1. The molecule has 140 valence electrons. The minimum Gasteiger partial charge on any atom is -0.496 e. The molecular weight excluding hydrogens is 367 g/mol. The zero-order valence-electron chi connectivity index (χ0n) is 15.6. The van der Waals surface area contributed by atoms with Crippen molar-refractivity contribution in [2.45, 2.75) is 12.8 Å². The van der Waals surface area contributed by atoms with Crippen LogP contribution in [-0.2, 0) is 6.42 Å². The van der Waals surface area contributed by atoms with E-state index in [1.165, 1.54) is 5.56 Å². The Labute approximate surface area is 167 Å². The Morgan fingerprint density at radius 3 is 2.54 bits per heavy atom. The van der Waals surface area contributed by atoms with Gasteiger partial charge in [-0.1, -0.05) is 36.4 Å². The molecule has 0 aliphatic carbocycles. The Hall–Kier alpha value is -2.97. The fraction of sp³-hybridized carbons (Fsp3) is 0.130. The van der Waals surface area contributed by atoms with Crippen molar-refractivity contribution in [2.75, 3.05) is 7.11 Å². The third-order valence-corrected chi connectivity index (χ3v) is 5.04. The predicted octanol–water partition coefficient (Wildman–Crippen LogP) is 5.68. The molecule has 0 N–H and O–H groups in total. The molecule has 1 heterocycles. The van der Waals surface area contributed by atoms with Gasteiger partial charge in [-0.2, -0.15) is 0 Å². The smallest absolute Gasteiger partial charge is 0.131 e. The van der Waals surface area contributed by atoms with Gasteiger partial charge >= 0.3 is 0 Å². The first-order chi connectivity index (χ1) is 13.8. The Balaban J connectivity index is 1.74. The number of nitrogens with zero attached hydrogens (tertiary/aromatic N) is 2. The van der Waals surface area contributed by atoms with E-state index in [1.54, 1.807) is 7.11 Å². The van der Waals surface area contributed by atoms with Crippen LogP contribution in [-0.4, -0.2) is 19.0 Å². The molecule has 0 fully saturated rings. The summed E-state index contributed by atoms with van der Waals surface area (Å²) in [6, 6.07) is 21.9. The van der Waals surface area contributed by atoms with Gasteiger partial charge < -0.3 is 9.26 Å². The first-order valence-electron chi connectivity index (χ1n) is 9.13. The molecule has 1 atom stereocenters. The number of fused-ring (bicyclic) bond motifs is 1. The van der Waals surface area contributed by atoms with Crippen LogP contribution in [0.15, 0.2) is 76.7 Å². The van der Waals surface area contributed by atoms with Gasteiger partial charge in [0.1, 0.15) is 11.5 Å². The summed E-state index contributed by atoms with van der Waals surface area (Å²) in [6.45, 7) is 0. The van der Waals surface area contributed by atoms with E-state index in [0.717, 1.165) is 52.6 Å². The van der Waals surface area contributed by atoms with Crippen molar-refractivity contribution >= 4 is 32.8 Å². The summed E-state index contributed by atoms with van der Waals surface area (Å²) in [4.78, 5) is 9.68. The van der Waals surface area contributed by atoms with Crippen molar-refractivity contribution in [3.8, 4) is 11.5 Å². The maximum atomic E-state index is 5.44. The summed E-state index contributed by atoms with van der Waals surface area (Å²) < 4.78 is 10.9. The highest BCUT2D eigenvalue weighted by Crippen LogP contribution is 2.38. The Kier molecular flexibility index (Phi) is 5.50. The number of aliphatic imine (C=N–C) groups is 2. The number of hydrogen-bond donors (Lipinski definition) is 0. The average Bonchev–Trinajstić information content (AvgIpc) is 2.77. The lowest BCUT2D eigenvalue weighted by Crippen LogP contribution is -2.08. The van der Waals surface area contributed by atoms with Crippen LogP contribution < -0.4 is 9.26 Å². The van der Waals surface area contributed by atoms with Crippen molar-refractivity contribution in [1.29, 1.82) is 0 Å². The molecule has 0 saturated heterocycles. The van der Waals surface area contributed by atoms with Gasteiger partial charge in [0.15, 0.2) is 0 Å². The van der Waals surface area contributed by atoms with Gasteiger partial charge in [0.25, 0.3) is 0 Å². The first kappa shape index (κ1) is 18.4. The molecule has 4 nitrogen and oxygen atoms in total. The summed E-state index contributed by atoms with van der Waals surface area (Å²) in [5.74, 6) is 1.61. The highest BCUT2D eigenvalue weighted by Gasteiger charge is 2.18. The number of para-hydroxylation sites is 3. The van der Waals surface area contributed by atoms with Crippen molar-refractivity contribution in [3.63, 3.8) is 0 Å². The molecule has 4 rings (SSSR count). The van der Waals surface area contributed by atoms with Crippen LogP contribution in [0.2, 0.25) is 0 Å². The normalized spacial score (nSPS) is 13.1. The van der Waals surface area contributed by atoms with Gasteiger partial charge in [0.05, 0.1) is 33.7 Å². The van der Waals surface area contributed by atoms with E-state index in [-0.39, 0.29) is 0 Å². The number of benzene rings is 3. The molecule has 0 saturated carbocycles. The molecule has 1 aliphatic heterocycles. The maximum Gasteiger partial charge on any atom is 0.131 e. The Morgan fingerprint density at radius 1 is 0.929 bits per heavy atom. The summed E-state index contributed by atoms with van der Waals surface area (Å²) in [5, 5.41) is 0. The van der Waals surface area contributed by atoms with E-state index in [1.807, 2.05) is 66.9 Å². The van der Waals surface area contributed by atoms with E-state index in [2.05, 4.69) is 15.5 Å². The van der Waals surface area contributed by atoms with Gasteiger partial charge in [0, 0.05) is 17.3 Å². The molecule has 3 aromatic carbocycles. The van der Waals surface area contributed by atoms with E-state index in [0.29, 0.717) is 0 Å². The average molecular weight is 388 g/mol. The number of ether oxygens (including phenoxy) is 1. The van der Waals surface area contributed by atoms with Crippen LogP contribution >= 0.6 is 9.47 Å². The molecule has 0 radical (unpaired) electrons. The van der Waals surface area contributed by atoms with Gasteiger partial charge in [0.2, 0.25) is 0 Å². The molecule has 1 aliphatic rings. The minimum absolute atomic E-state index is 0.798. The number of rotatable bonds is 5. The lowest BCUT2D eigenvalue weighted by molar-refractivity contribution is 0.414. The SMILES string of the molecule is COc1ccccc1C=Nc1cccc2c1N=C(c1ccccc1OP)CC2. The lowest BCUT2D eigenvalue weighted by Gasteiger charge is -2.18.